The first kappa shape index (κ1) is 25.5. The number of rotatable bonds is 9. The Morgan fingerprint density at radius 3 is 1.74 bits per heavy atom. The molecule has 4 rings (SSSR count). The van der Waals surface area contributed by atoms with Crippen LogP contribution in [0.2, 0.25) is 0 Å². The zero-order chi connectivity index (χ0) is 24.9. The molecule has 3 aromatic rings. The molecule has 0 atom stereocenters. The molecule has 1 aliphatic heterocycles. The van der Waals surface area contributed by atoms with E-state index < -0.39 is 20.0 Å². The highest BCUT2D eigenvalue weighted by atomic mass is 32.2. The first-order valence-electron chi connectivity index (χ1n) is 11.7. The summed E-state index contributed by atoms with van der Waals surface area (Å²) in [5.41, 5.74) is 2.09. The summed E-state index contributed by atoms with van der Waals surface area (Å²) >= 11 is 0. The number of benzene rings is 3. The van der Waals surface area contributed by atoms with E-state index in [9.17, 15) is 16.8 Å². The van der Waals surface area contributed by atoms with Crippen LogP contribution in [0.5, 0.6) is 0 Å². The maximum absolute atomic E-state index is 13.2. The van der Waals surface area contributed by atoms with Crippen LogP contribution in [0, 0.1) is 0 Å². The van der Waals surface area contributed by atoms with Crippen molar-refractivity contribution < 1.29 is 16.8 Å². The minimum absolute atomic E-state index is 0.0851. The van der Waals surface area contributed by atoms with Crippen LogP contribution in [0.3, 0.4) is 0 Å². The summed E-state index contributed by atoms with van der Waals surface area (Å²) in [7, 11) is -7.45. The zero-order valence-corrected chi connectivity index (χ0v) is 21.5. The second-order valence-corrected chi connectivity index (χ2v) is 12.4. The molecule has 1 fully saturated rings. The van der Waals surface area contributed by atoms with Crippen LogP contribution in [-0.2, 0) is 33.1 Å². The second-order valence-electron chi connectivity index (χ2n) is 8.55. The molecular formula is C26H31N3O4S2. The van der Waals surface area contributed by atoms with Gasteiger partial charge < -0.3 is 0 Å². The highest BCUT2D eigenvalue weighted by Crippen LogP contribution is 2.23. The molecule has 0 radical (unpaired) electrons. The fourth-order valence-electron chi connectivity index (χ4n) is 4.21. The van der Waals surface area contributed by atoms with Crippen LogP contribution in [-0.4, -0.2) is 63.1 Å². The predicted molar refractivity (Wildman–Crippen MR) is 137 cm³/mol. The molecule has 9 heteroatoms. The van der Waals surface area contributed by atoms with Crippen LogP contribution in [0.15, 0.2) is 94.7 Å². The maximum Gasteiger partial charge on any atom is 0.243 e. The molecule has 1 heterocycles. The van der Waals surface area contributed by atoms with E-state index in [1.54, 1.807) is 6.92 Å². The molecule has 3 aromatic carbocycles. The topological polar surface area (TPSA) is 78.0 Å². The standard InChI is InChI=1S/C26H31N3O4S2/c1-2-28(22-24-11-7-4-8-12-24)34(30,31)25-13-15-26(16-14-25)35(32,33)29-19-17-27(18-20-29)21-23-9-5-3-6-10-23/h3-16H,2,17-22H2,1H3. The van der Waals surface area contributed by atoms with Gasteiger partial charge in [-0.3, -0.25) is 4.90 Å². The molecule has 35 heavy (non-hydrogen) atoms. The Labute approximate surface area is 208 Å². The van der Waals surface area contributed by atoms with Gasteiger partial charge in [0.15, 0.2) is 0 Å². The molecule has 0 amide bonds. The zero-order valence-electron chi connectivity index (χ0n) is 19.8. The van der Waals surface area contributed by atoms with Gasteiger partial charge in [-0.2, -0.15) is 8.61 Å². The van der Waals surface area contributed by atoms with Crippen LogP contribution in [0.25, 0.3) is 0 Å². The third-order valence-electron chi connectivity index (χ3n) is 6.23. The number of sulfonamides is 2. The number of nitrogens with zero attached hydrogens (tertiary/aromatic N) is 3. The lowest BCUT2D eigenvalue weighted by Crippen LogP contribution is -2.48. The third-order valence-corrected chi connectivity index (χ3v) is 10.1. The Hall–Kier alpha value is -2.56. The largest absolute Gasteiger partial charge is 0.296 e. The molecule has 0 spiro atoms. The van der Waals surface area contributed by atoms with Crippen molar-refractivity contribution in [3.8, 4) is 0 Å². The summed E-state index contributed by atoms with van der Waals surface area (Å²) in [4.78, 5) is 2.43. The molecule has 0 bridgehead atoms. The van der Waals surface area contributed by atoms with Gasteiger partial charge in [-0.15, -0.1) is 0 Å². The van der Waals surface area contributed by atoms with Crippen molar-refractivity contribution in [3.63, 3.8) is 0 Å². The van der Waals surface area contributed by atoms with E-state index in [0.717, 1.165) is 12.1 Å². The Morgan fingerprint density at radius 1 is 0.686 bits per heavy atom. The minimum atomic E-state index is -3.76. The second kappa shape index (κ2) is 11.0. The molecule has 0 saturated carbocycles. The fraction of sp³-hybridized carbons (Fsp3) is 0.308. The van der Waals surface area contributed by atoms with Crippen molar-refractivity contribution in [3.05, 3.63) is 96.1 Å². The summed E-state index contributed by atoms with van der Waals surface area (Å²) in [6, 6.07) is 25.1. The molecule has 186 valence electrons. The number of hydrogen-bond acceptors (Lipinski definition) is 5. The number of piperazine rings is 1. The highest BCUT2D eigenvalue weighted by Gasteiger charge is 2.29. The highest BCUT2D eigenvalue weighted by molar-refractivity contribution is 7.89. The van der Waals surface area contributed by atoms with Crippen molar-refractivity contribution in [1.82, 2.24) is 13.5 Å². The van der Waals surface area contributed by atoms with E-state index >= 15 is 0 Å². The van der Waals surface area contributed by atoms with Gasteiger partial charge in [0, 0.05) is 45.8 Å². The summed E-state index contributed by atoms with van der Waals surface area (Å²) in [6.45, 7) is 5.23. The molecule has 7 nitrogen and oxygen atoms in total. The van der Waals surface area contributed by atoms with Gasteiger partial charge in [0.1, 0.15) is 0 Å². The summed E-state index contributed by atoms with van der Waals surface area (Å²) in [5.74, 6) is 0. The van der Waals surface area contributed by atoms with Crippen molar-refractivity contribution >= 4 is 20.0 Å². The van der Waals surface area contributed by atoms with Crippen LogP contribution in [0.1, 0.15) is 18.1 Å². The fourth-order valence-corrected chi connectivity index (χ4v) is 7.06. The minimum Gasteiger partial charge on any atom is -0.296 e. The molecule has 0 aliphatic carbocycles. The summed E-state index contributed by atoms with van der Waals surface area (Å²) in [5, 5.41) is 0. The van der Waals surface area contributed by atoms with Crippen LogP contribution >= 0.6 is 0 Å². The van der Waals surface area contributed by atoms with Gasteiger partial charge in [0.05, 0.1) is 9.79 Å². The van der Waals surface area contributed by atoms with E-state index in [-0.39, 0.29) is 16.3 Å². The van der Waals surface area contributed by atoms with Crippen LogP contribution in [0.4, 0.5) is 0 Å². The van der Waals surface area contributed by atoms with Crippen molar-refractivity contribution in [2.45, 2.75) is 29.8 Å². The van der Waals surface area contributed by atoms with Crippen molar-refractivity contribution in [2.75, 3.05) is 32.7 Å². The Balaban J connectivity index is 1.42. The summed E-state index contributed by atoms with van der Waals surface area (Å²) in [6.07, 6.45) is 0. The first-order chi connectivity index (χ1) is 16.8. The average Bonchev–Trinajstić information content (AvgIpc) is 2.89. The van der Waals surface area contributed by atoms with Gasteiger partial charge in [-0.05, 0) is 35.4 Å². The molecule has 0 unspecified atom stereocenters. The van der Waals surface area contributed by atoms with Gasteiger partial charge in [-0.1, -0.05) is 67.6 Å². The number of hydrogen-bond donors (Lipinski definition) is 0. The van der Waals surface area contributed by atoms with Crippen molar-refractivity contribution in [1.29, 1.82) is 0 Å². The van der Waals surface area contributed by atoms with Gasteiger partial charge >= 0.3 is 0 Å². The Morgan fingerprint density at radius 2 is 1.20 bits per heavy atom. The SMILES string of the molecule is CCN(Cc1ccccc1)S(=O)(=O)c1ccc(S(=O)(=O)N2CCN(Cc3ccccc3)CC2)cc1. The average molecular weight is 514 g/mol. The van der Waals surface area contributed by atoms with E-state index in [1.165, 1.54) is 38.4 Å². The van der Waals surface area contributed by atoms with E-state index in [0.29, 0.717) is 32.7 Å². The van der Waals surface area contributed by atoms with Crippen molar-refractivity contribution in [2.24, 2.45) is 0 Å². The van der Waals surface area contributed by atoms with E-state index in [1.807, 2.05) is 48.5 Å². The summed E-state index contributed by atoms with van der Waals surface area (Å²) < 4.78 is 55.6. The van der Waals surface area contributed by atoms with Gasteiger partial charge in [0.25, 0.3) is 0 Å². The first-order valence-corrected chi connectivity index (χ1v) is 14.6. The molecular weight excluding hydrogens is 482 g/mol. The molecule has 1 saturated heterocycles. The Bertz CT molecular complexity index is 1310. The predicted octanol–water partition coefficient (Wildman–Crippen LogP) is 3.40. The third kappa shape index (κ3) is 5.99. The quantitative estimate of drug-likeness (QED) is 0.438. The van der Waals surface area contributed by atoms with Gasteiger partial charge in [-0.25, -0.2) is 16.8 Å². The molecule has 0 N–H and O–H groups in total. The lowest BCUT2D eigenvalue weighted by molar-refractivity contribution is 0.181. The van der Waals surface area contributed by atoms with Gasteiger partial charge in [0.2, 0.25) is 20.0 Å². The monoisotopic (exact) mass is 513 g/mol. The normalized spacial score (nSPS) is 15.9. The molecule has 0 aromatic heterocycles. The smallest absolute Gasteiger partial charge is 0.243 e. The lowest BCUT2D eigenvalue weighted by Gasteiger charge is -2.34. The van der Waals surface area contributed by atoms with E-state index in [2.05, 4.69) is 17.0 Å². The lowest BCUT2D eigenvalue weighted by atomic mass is 10.2. The van der Waals surface area contributed by atoms with Crippen LogP contribution < -0.4 is 0 Å². The maximum atomic E-state index is 13.2. The van der Waals surface area contributed by atoms with E-state index in [4.69, 9.17) is 0 Å². The molecule has 1 aliphatic rings. The Kier molecular flexibility index (Phi) is 8.03.